The van der Waals surface area contributed by atoms with E-state index in [1.54, 1.807) is 24.3 Å². The first kappa shape index (κ1) is 26.9. The van der Waals surface area contributed by atoms with Crippen LogP contribution in [0.3, 0.4) is 0 Å². The molecule has 0 saturated heterocycles. The summed E-state index contributed by atoms with van der Waals surface area (Å²) in [5.41, 5.74) is 0.356. The zero-order valence-electron chi connectivity index (χ0n) is 20.8. The largest absolute Gasteiger partial charge is 0.365 e. The molecule has 0 radical (unpaired) electrons. The van der Waals surface area contributed by atoms with E-state index in [1.165, 1.54) is 64.8 Å². The molecule has 0 unspecified atom stereocenters. The fourth-order valence-corrected chi connectivity index (χ4v) is 4.96. The van der Waals surface area contributed by atoms with Crippen molar-refractivity contribution >= 4 is 46.5 Å². The van der Waals surface area contributed by atoms with Crippen LogP contribution in [-0.2, 0) is 13.1 Å². The van der Waals surface area contributed by atoms with Crippen LogP contribution in [0.25, 0.3) is 17.5 Å². The monoisotopic (exact) mass is 574 g/mol. The molecule has 0 aliphatic carbocycles. The van der Waals surface area contributed by atoms with Crippen LogP contribution in [0, 0.1) is 5.82 Å². The Bertz CT molecular complexity index is 1800. The standard InChI is InChI=1S/C28H20ClFN6O3S/c1-2-17-11-23(35(27(38)12-17)16-24(37)22-15-31-9-10-32-22)21-13-26(33-14-18-7-8-25(29)40-18)36(34-21)28(39)19-5-3-4-6-20(19)30/h2-13,15,33H,1,14,16H2. The Kier molecular flexibility index (Phi) is 7.76. The minimum absolute atomic E-state index is 0.0883. The van der Waals surface area contributed by atoms with Crippen molar-refractivity contribution in [3.63, 3.8) is 0 Å². The van der Waals surface area contributed by atoms with Gasteiger partial charge in [-0.3, -0.25) is 23.9 Å². The van der Waals surface area contributed by atoms with Gasteiger partial charge >= 0.3 is 0 Å². The number of thiophene rings is 1. The number of Topliss-reactive ketones (excluding diaryl/α,β-unsaturated/α-hetero) is 1. The third-order valence-corrected chi connectivity index (χ3v) is 7.11. The number of carbonyl (C=O) groups excluding carboxylic acids is 2. The van der Waals surface area contributed by atoms with E-state index in [4.69, 9.17) is 11.6 Å². The minimum Gasteiger partial charge on any atom is -0.365 e. The van der Waals surface area contributed by atoms with Gasteiger partial charge in [-0.15, -0.1) is 11.3 Å². The van der Waals surface area contributed by atoms with Crippen molar-refractivity contribution in [2.45, 2.75) is 13.1 Å². The summed E-state index contributed by atoms with van der Waals surface area (Å²) in [5, 5.41) is 7.60. The highest BCUT2D eigenvalue weighted by molar-refractivity contribution is 7.16. The second-order valence-corrected chi connectivity index (χ2v) is 10.3. The molecule has 0 atom stereocenters. The van der Waals surface area contributed by atoms with Crippen molar-refractivity contribution in [2.24, 2.45) is 0 Å². The van der Waals surface area contributed by atoms with Gasteiger partial charge in [0.15, 0.2) is 0 Å². The van der Waals surface area contributed by atoms with Gasteiger partial charge in [-0.05, 0) is 35.9 Å². The summed E-state index contributed by atoms with van der Waals surface area (Å²) >= 11 is 7.41. The number of hydrogen-bond acceptors (Lipinski definition) is 8. The van der Waals surface area contributed by atoms with Gasteiger partial charge < -0.3 is 5.32 Å². The van der Waals surface area contributed by atoms with Crippen LogP contribution in [0.5, 0.6) is 0 Å². The Morgan fingerprint density at radius 2 is 1.95 bits per heavy atom. The van der Waals surface area contributed by atoms with Gasteiger partial charge in [0.2, 0.25) is 5.78 Å². The van der Waals surface area contributed by atoms with Gasteiger partial charge in [0.25, 0.3) is 11.5 Å². The summed E-state index contributed by atoms with van der Waals surface area (Å²) in [5.74, 6) is -1.63. The molecule has 5 aromatic rings. The van der Waals surface area contributed by atoms with Crippen LogP contribution in [0.4, 0.5) is 10.2 Å². The molecule has 0 spiro atoms. The van der Waals surface area contributed by atoms with Gasteiger partial charge in [0.05, 0.1) is 34.9 Å². The van der Waals surface area contributed by atoms with Crippen LogP contribution in [0.2, 0.25) is 4.34 Å². The van der Waals surface area contributed by atoms with Gasteiger partial charge in [-0.25, -0.2) is 9.37 Å². The van der Waals surface area contributed by atoms with E-state index in [0.29, 0.717) is 16.4 Å². The van der Waals surface area contributed by atoms with E-state index in [1.807, 2.05) is 6.07 Å². The zero-order valence-corrected chi connectivity index (χ0v) is 22.3. The van der Waals surface area contributed by atoms with Gasteiger partial charge in [0, 0.05) is 29.4 Å². The number of pyridine rings is 1. The lowest BCUT2D eigenvalue weighted by atomic mass is 10.1. The fourth-order valence-electron chi connectivity index (χ4n) is 3.94. The Balaban J connectivity index is 1.61. The molecule has 0 amide bonds. The van der Waals surface area contributed by atoms with Crippen LogP contribution < -0.4 is 10.9 Å². The van der Waals surface area contributed by atoms with Crippen molar-refractivity contribution in [3.05, 3.63) is 122 Å². The van der Waals surface area contributed by atoms with Crippen LogP contribution >= 0.6 is 22.9 Å². The van der Waals surface area contributed by atoms with E-state index in [9.17, 15) is 18.8 Å². The molecule has 4 aromatic heterocycles. The molecule has 200 valence electrons. The summed E-state index contributed by atoms with van der Waals surface area (Å²) in [6.45, 7) is 3.68. The van der Waals surface area contributed by atoms with Crippen molar-refractivity contribution < 1.29 is 14.0 Å². The zero-order chi connectivity index (χ0) is 28.2. The van der Waals surface area contributed by atoms with Crippen LogP contribution in [0.1, 0.15) is 31.3 Å². The van der Waals surface area contributed by atoms with Crippen LogP contribution in [0.15, 0.2) is 84.6 Å². The quantitative estimate of drug-likeness (QED) is 0.241. The maximum absolute atomic E-state index is 14.6. The summed E-state index contributed by atoms with van der Waals surface area (Å²) < 4.78 is 17.4. The average Bonchev–Trinajstić information content (AvgIpc) is 3.59. The predicted molar refractivity (Wildman–Crippen MR) is 151 cm³/mol. The maximum atomic E-state index is 14.6. The van der Waals surface area contributed by atoms with Gasteiger partial charge in [0.1, 0.15) is 23.0 Å². The first-order chi connectivity index (χ1) is 19.3. The lowest BCUT2D eigenvalue weighted by molar-refractivity contribution is 0.0940. The number of aromatic nitrogens is 5. The lowest BCUT2D eigenvalue weighted by Gasteiger charge is -2.11. The molecule has 5 rings (SSSR count). The molecule has 0 saturated carbocycles. The number of halogens is 2. The van der Waals surface area contributed by atoms with Crippen molar-refractivity contribution in [3.8, 4) is 11.4 Å². The highest BCUT2D eigenvalue weighted by Gasteiger charge is 2.22. The highest BCUT2D eigenvalue weighted by atomic mass is 35.5. The number of nitrogens with zero attached hydrogens (tertiary/aromatic N) is 5. The maximum Gasteiger partial charge on any atom is 0.283 e. The third-order valence-electron chi connectivity index (χ3n) is 5.88. The highest BCUT2D eigenvalue weighted by Crippen LogP contribution is 2.26. The van der Waals surface area contributed by atoms with Crippen molar-refractivity contribution in [2.75, 3.05) is 5.32 Å². The summed E-state index contributed by atoms with van der Waals surface area (Å²) in [6.07, 6.45) is 5.62. The average molecular weight is 575 g/mol. The smallest absolute Gasteiger partial charge is 0.283 e. The first-order valence-electron chi connectivity index (χ1n) is 11.9. The Hall–Kier alpha value is -4.74. The number of hydrogen-bond donors (Lipinski definition) is 1. The number of rotatable bonds is 9. The third kappa shape index (κ3) is 5.65. The summed E-state index contributed by atoms with van der Waals surface area (Å²) in [6, 6.07) is 13.7. The normalized spacial score (nSPS) is 10.8. The van der Waals surface area contributed by atoms with E-state index >= 15 is 0 Å². The number of benzene rings is 1. The Morgan fingerprint density at radius 1 is 1.12 bits per heavy atom. The first-order valence-corrected chi connectivity index (χ1v) is 13.1. The molecule has 0 bridgehead atoms. The molecule has 9 nitrogen and oxygen atoms in total. The van der Waals surface area contributed by atoms with Crippen LogP contribution in [-0.4, -0.2) is 36.0 Å². The predicted octanol–water partition coefficient (Wildman–Crippen LogP) is 5.18. The minimum atomic E-state index is -0.722. The van der Waals surface area contributed by atoms with E-state index in [0.717, 1.165) is 9.56 Å². The molecule has 1 aromatic carbocycles. The van der Waals surface area contributed by atoms with Gasteiger partial charge in [-0.1, -0.05) is 36.4 Å². The lowest BCUT2D eigenvalue weighted by Crippen LogP contribution is -2.26. The number of anilines is 1. The molecule has 12 heteroatoms. The number of nitrogens with one attached hydrogen (secondary N) is 1. The topological polar surface area (TPSA) is 112 Å². The SMILES string of the molecule is C=Cc1cc(-c2cc(NCc3ccc(Cl)s3)n(C(=O)c3ccccc3F)n2)n(CC(=O)c2cnccn2)c(=O)c1. The fraction of sp³-hybridized carbons (Fsp3) is 0.0714. The van der Waals surface area contributed by atoms with Gasteiger partial charge in [-0.2, -0.15) is 9.78 Å². The molecule has 0 aliphatic heterocycles. The molecule has 40 heavy (non-hydrogen) atoms. The molecular formula is C28H20ClFN6O3S. The second kappa shape index (κ2) is 11.6. The van der Waals surface area contributed by atoms with E-state index in [-0.39, 0.29) is 35.0 Å². The van der Waals surface area contributed by atoms with Crippen molar-refractivity contribution in [1.82, 2.24) is 24.3 Å². The number of carbonyl (C=O) groups is 2. The number of ketones is 1. The summed E-state index contributed by atoms with van der Waals surface area (Å²) in [4.78, 5) is 48.3. The summed E-state index contributed by atoms with van der Waals surface area (Å²) in [7, 11) is 0. The molecule has 4 heterocycles. The van der Waals surface area contributed by atoms with E-state index < -0.39 is 23.1 Å². The molecule has 0 fully saturated rings. The molecule has 0 aliphatic rings. The van der Waals surface area contributed by atoms with Crippen molar-refractivity contribution in [1.29, 1.82) is 0 Å². The Morgan fingerprint density at radius 3 is 2.65 bits per heavy atom. The Labute approximate surface area is 236 Å². The molecule has 1 N–H and O–H groups in total. The molecular weight excluding hydrogens is 555 g/mol. The second-order valence-electron chi connectivity index (χ2n) is 8.49. The van der Waals surface area contributed by atoms with E-state index in [2.05, 4.69) is 27.0 Å².